The van der Waals surface area contributed by atoms with Gasteiger partial charge in [0, 0.05) is 19.5 Å². The quantitative estimate of drug-likeness (QED) is 0.525. The summed E-state index contributed by atoms with van der Waals surface area (Å²) in [6, 6.07) is 0. The van der Waals surface area contributed by atoms with Crippen molar-refractivity contribution in [1.29, 1.82) is 0 Å². The Bertz CT molecular complexity index is 396. The number of carboxylic acid groups (broad SMARTS) is 1. The molecule has 0 aromatic heterocycles. The lowest BCUT2D eigenvalue weighted by atomic mass is 10.1. The van der Waals surface area contributed by atoms with E-state index in [2.05, 4.69) is 10.6 Å². The van der Waals surface area contributed by atoms with Gasteiger partial charge in [0.25, 0.3) is 0 Å². The maximum absolute atomic E-state index is 11.7. The largest absolute Gasteiger partial charge is 0.480 e. The normalized spacial score (nSPS) is 18.3. The second kappa shape index (κ2) is 6.72. The molecule has 0 saturated carbocycles. The average molecular weight is 271 g/mol. The van der Waals surface area contributed by atoms with E-state index in [0.29, 0.717) is 13.1 Å². The summed E-state index contributed by atoms with van der Waals surface area (Å²) in [4.78, 5) is 46.1. The predicted molar refractivity (Wildman–Crippen MR) is 64.0 cm³/mol. The number of rotatable bonds is 6. The van der Waals surface area contributed by atoms with Crippen LogP contribution in [0.4, 0.5) is 0 Å². The summed E-state index contributed by atoms with van der Waals surface area (Å²) in [6.07, 6.45) is 0.149. The second-order valence-corrected chi connectivity index (χ2v) is 4.22. The van der Waals surface area contributed by atoms with Gasteiger partial charge in [0.2, 0.25) is 17.7 Å². The van der Waals surface area contributed by atoms with Crippen LogP contribution < -0.4 is 10.6 Å². The third-order valence-electron chi connectivity index (χ3n) is 2.83. The van der Waals surface area contributed by atoms with Gasteiger partial charge in [-0.05, 0) is 6.92 Å². The highest BCUT2D eigenvalue weighted by Gasteiger charge is 2.33. The number of carbonyl (C=O) groups excluding carboxylic acids is 3. The van der Waals surface area contributed by atoms with E-state index in [1.165, 1.54) is 0 Å². The minimum Gasteiger partial charge on any atom is -0.480 e. The van der Waals surface area contributed by atoms with E-state index < -0.39 is 24.3 Å². The Morgan fingerprint density at radius 3 is 2.53 bits per heavy atom. The van der Waals surface area contributed by atoms with Gasteiger partial charge in [-0.25, -0.2) is 0 Å². The van der Waals surface area contributed by atoms with Gasteiger partial charge in [0.1, 0.15) is 6.54 Å². The molecule has 0 aliphatic carbocycles. The Kier molecular flexibility index (Phi) is 5.28. The number of nitrogens with one attached hydrogen (secondary N) is 2. The number of aliphatic carboxylic acids is 1. The molecule has 0 aromatic rings. The van der Waals surface area contributed by atoms with Crippen LogP contribution in [0.5, 0.6) is 0 Å². The minimum absolute atomic E-state index is 0.0713. The van der Waals surface area contributed by atoms with Crippen molar-refractivity contribution in [3.63, 3.8) is 0 Å². The highest BCUT2D eigenvalue weighted by Crippen LogP contribution is 2.17. The van der Waals surface area contributed by atoms with E-state index in [1.807, 2.05) is 6.92 Å². The summed E-state index contributed by atoms with van der Waals surface area (Å²) in [7, 11) is 0. The van der Waals surface area contributed by atoms with E-state index in [-0.39, 0.29) is 24.8 Å². The molecule has 1 atom stereocenters. The molecular weight excluding hydrogens is 254 g/mol. The second-order valence-electron chi connectivity index (χ2n) is 4.22. The summed E-state index contributed by atoms with van der Waals surface area (Å²) >= 11 is 0. The molecule has 3 amide bonds. The van der Waals surface area contributed by atoms with Crippen molar-refractivity contribution in [3.05, 3.63) is 0 Å². The van der Waals surface area contributed by atoms with Gasteiger partial charge in [-0.2, -0.15) is 0 Å². The molecule has 0 spiro atoms. The molecule has 0 aromatic carbocycles. The molecule has 0 bridgehead atoms. The van der Waals surface area contributed by atoms with Crippen LogP contribution in [0.15, 0.2) is 0 Å². The van der Waals surface area contributed by atoms with Gasteiger partial charge in [-0.15, -0.1) is 0 Å². The topological polar surface area (TPSA) is 116 Å². The maximum Gasteiger partial charge on any atom is 0.322 e. The molecule has 1 unspecified atom stereocenters. The van der Waals surface area contributed by atoms with Gasteiger partial charge in [0.05, 0.1) is 12.5 Å². The Morgan fingerprint density at radius 2 is 2.00 bits per heavy atom. The number of likely N-dealkylation sites (tertiary alicyclic amines) is 1. The third-order valence-corrected chi connectivity index (χ3v) is 2.83. The number of hydrogen-bond donors (Lipinski definition) is 3. The number of carbonyl (C=O) groups is 4. The predicted octanol–water partition coefficient (Wildman–Crippen LogP) is -1.83. The van der Waals surface area contributed by atoms with Gasteiger partial charge in [0.15, 0.2) is 0 Å². The van der Waals surface area contributed by atoms with Gasteiger partial charge in [-0.3, -0.25) is 19.2 Å². The fourth-order valence-corrected chi connectivity index (χ4v) is 1.80. The van der Waals surface area contributed by atoms with Crippen LogP contribution >= 0.6 is 0 Å². The summed E-state index contributed by atoms with van der Waals surface area (Å²) in [5.41, 5.74) is 0. The zero-order valence-electron chi connectivity index (χ0n) is 10.6. The van der Waals surface area contributed by atoms with Crippen LogP contribution in [0.25, 0.3) is 0 Å². The molecule has 1 aliphatic rings. The summed E-state index contributed by atoms with van der Waals surface area (Å²) < 4.78 is 0. The summed E-state index contributed by atoms with van der Waals surface area (Å²) in [5.74, 6) is -2.61. The fraction of sp³-hybridized carbons (Fsp3) is 0.636. The Morgan fingerprint density at radius 1 is 1.32 bits per heavy atom. The molecular formula is C11H17N3O5. The Hall–Kier alpha value is -2.12. The summed E-state index contributed by atoms with van der Waals surface area (Å²) in [5, 5.41) is 12.9. The van der Waals surface area contributed by atoms with Gasteiger partial charge in [-0.1, -0.05) is 0 Å². The Balaban J connectivity index is 2.30. The van der Waals surface area contributed by atoms with Gasteiger partial charge >= 0.3 is 5.97 Å². The molecule has 0 radical (unpaired) electrons. The highest BCUT2D eigenvalue weighted by atomic mass is 16.4. The van der Waals surface area contributed by atoms with Crippen LogP contribution in [-0.2, 0) is 19.2 Å². The van der Waals surface area contributed by atoms with Crippen molar-refractivity contribution >= 4 is 23.7 Å². The first-order valence-corrected chi connectivity index (χ1v) is 5.98. The fourth-order valence-electron chi connectivity index (χ4n) is 1.80. The lowest BCUT2D eigenvalue weighted by Crippen LogP contribution is -2.41. The van der Waals surface area contributed by atoms with Crippen molar-refractivity contribution in [3.8, 4) is 0 Å². The molecule has 8 nitrogen and oxygen atoms in total. The lowest BCUT2D eigenvalue weighted by Gasteiger charge is -2.13. The first kappa shape index (κ1) is 14.9. The van der Waals surface area contributed by atoms with E-state index in [4.69, 9.17) is 5.11 Å². The van der Waals surface area contributed by atoms with E-state index in [9.17, 15) is 19.2 Å². The third kappa shape index (κ3) is 4.57. The van der Waals surface area contributed by atoms with Crippen LogP contribution in [0.1, 0.15) is 13.3 Å². The monoisotopic (exact) mass is 271 g/mol. The number of nitrogens with zero attached hydrogens (tertiary/aromatic N) is 1. The number of amides is 3. The summed E-state index contributed by atoms with van der Waals surface area (Å²) in [6.45, 7) is 1.97. The zero-order chi connectivity index (χ0) is 14.4. The van der Waals surface area contributed by atoms with Crippen LogP contribution in [0.2, 0.25) is 0 Å². The lowest BCUT2D eigenvalue weighted by molar-refractivity contribution is -0.137. The first-order chi connectivity index (χ1) is 8.93. The molecule has 1 saturated heterocycles. The molecule has 1 rings (SSSR count). The van der Waals surface area contributed by atoms with Crippen LogP contribution in [0, 0.1) is 5.92 Å². The van der Waals surface area contributed by atoms with Crippen LogP contribution in [-0.4, -0.2) is 59.9 Å². The molecule has 19 heavy (non-hydrogen) atoms. The molecule has 1 aliphatic heterocycles. The van der Waals surface area contributed by atoms with Crippen LogP contribution in [0.3, 0.4) is 0 Å². The molecule has 3 N–H and O–H groups in total. The standard InChI is InChI=1S/C11H17N3O5/c1-2-14-6-7(3-9(14)16)11(19)13-4-8(15)12-5-10(17)18/h7H,2-6H2,1H3,(H,12,15)(H,13,19)(H,17,18). The smallest absolute Gasteiger partial charge is 0.322 e. The van der Waals surface area contributed by atoms with E-state index in [1.54, 1.807) is 4.90 Å². The van der Waals surface area contributed by atoms with Crippen molar-refractivity contribution in [1.82, 2.24) is 15.5 Å². The average Bonchev–Trinajstić information content (AvgIpc) is 2.74. The van der Waals surface area contributed by atoms with E-state index >= 15 is 0 Å². The number of carboxylic acids is 1. The minimum atomic E-state index is -1.15. The van der Waals surface area contributed by atoms with Gasteiger partial charge < -0.3 is 20.6 Å². The molecule has 8 heteroatoms. The molecule has 106 valence electrons. The molecule has 1 heterocycles. The SMILES string of the molecule is CCN1CC(C(=O)NCC(=O)NCC(=O)O)CC1=O. The first-order valence-electron chi connectivity index (χ1n) is 5.98. The van der Waals surface area contributed by atoms with Crippen molar-refractivity contribution < 1.29 is 24.3 Å². The number of hydrogen-bond acceptors (Lipinski definition) is 4. The zero-order valence-corrected chi connectivity index (χ0v) is 10.6. The van der Waals surface area contributed by atoms with E-state index in [0.717, 1.165) is 0 Å². The molecule has 1 fully saturated rings. The Labute approximate surface area is 110 Å². The van der Waals surface area contributed by atoms with Crippen molar-refractivity contribution in [2.45, 2.75) is 13.3 Å². The van der Waals surface area contributed by atoms with Crippen molar-refractivity contribution in [2.24, 2.45) is 5.92 Å². The highest BCUT2D eigenvalue weighted by molar-refractivity contribution is 5.91. The maximum atomic E-state index is 11.7. The van der Waals surface area contributed by atoms with Crippen molar-refractivity contribution in [2.75, 3.05) is 26.2 Å².